The average molecular weight is 474 g/mol. The summed E-state index contributed by atoms with van der Waals surface area (Å²) < 4.78 is 5.32. The van der Waals surface area contributed by atoms with E-state index in [4.69, 9.17) is 4.42 Å². The fourth-order valence-electron chi connectivity index (χ4n) is 9.24. The minimum absolute atomic E-state index is 0.0212. The molecular weight excluding hydrogens is 430 g/mol. The molecule has 190 valence electrons. The van der Waals surface area contributed by atoms with Crippen LogP contribution < -0.4 is 5.32 Å². The Labute approximate surface area is 203 Å². The predicted molar refractivity (Wildman–Crippen MR) is 128 cm³/mol. The van der Waals surface area contributed by atoms with E-state index in [1.165, 1.54) is 0 Å². The van der Waals surface area contributed by atoms with E-state index in [-0.39, 0.29) is 52.6 Å². The third-order valence-electron chi connectivity index (χ3n) is 11.1. The van der Waals surface area contributed by atoms with E-state index in [1.54, 1.807) is 6.26 Å². The number of aliphatic hydroxyl groups is 3. The number of furan rings is 1. The zero-order valence-corrected chi connectivity index (χ0v) is 21.0. The highest BCUT2D eigenvalue weighted by atomic mass is 16.3. The summed E-state index contributed by atoms with van der Waals surface area (Å²) in [7, 11) is 0. The Balaban J connectivity index is 1.31. The Kier molecular flexibility index (Phi) is 6.39. The second-order valence-electron chi connectivity index (χ2n) is 12.6. The lowest BCUT2D eigenvalue weighted by Crippen LogP contribution is -2.62. The van der Waals surface area contributed by atoms with Gasteiger partial charge < -0.3 is 25.1 Å². The molecule has 1 amide bonds. The van der Waals surface area contributed by atoms with Gasteiger partial charge in [-0.3, -0.25) is 4.79 Å². The average Bonchev–Trinajstić information content (AvgIpc) is 3.42. The highest BCUT2D eigenvalue weighted by molar-refractivity contribution is 5.76. The molecule has 0 unspecified atom stereocenters. The summed E-state index contributed by atoms with van der Waals surface area (Å²) in [6.07, 6.45) is 7.11. The maximum absolute atomic E-state index is 12.7. The van der Waals surface area contributed by atoms with Gasteiger partial charge in [0.2, 0.25) is 5.91 Å². The topological polar surface area (TPSA) is 103 Å². The van der Waals surface area contributed by atoms with Crippen LogP contribution in [0.5, 0.6) is 0 Å². The molecule has 34 heavy (non-hydrogen) atoms. The van der Waals surface area contributed by atoms with Crippen LogP contribution in [-0.4, -0.2) is 39.5 Å². The summed E-state index contributed by atoms with van der Waals surface area (Å²) in [4.78, 5) is 12.7. The lowest BCUT2D eigenvalue weighted by molar-refractivity contribution is -0.207. The fraction of sp³-hybridized carbons (Fsp3) is 0.821. The third kappa shape index (κ3) is 3.84. The predicted octanol–water partition coefficient (Wildman–Crippen LogP) is 3.88. The molecule has 5 rings (SSSR count). The Morgan fingerprint density at radius 2 is 1.94 bits per heavy atom. The van der Waals surface area contributed by atoms with Gasteiger partial charge in [0, 0.05) is 6.42 Å². The fourth-order valence-corrected chi connectivity index (χ4v) is 9.24. The van der Waals surface area contributed by atoms with Gasteiger partial charge in [-0.2, -0.15) is 0 Å². The molecule has 6 nitrogen and oxygen atoms in total. The molecule has 4 aliphatic carbocycles. The first-order valence-electron chi connectivity index (χ1n) is 13.5. The van der Waals surface area contributed by atoms with Crippen LogP contribution in [0.1, 0.15) is 77.9 Å². The molecule has 4 fully saturated rings. The normalized spacial score (nSPS) is 46.8. The van der Waals surface area contributed by atoms with Gasteiger partial charge >= 0.3 is 0 Å². The van der Waals surface area contributed by atoms with Crippen LogP contribution in [0.2, 0.25) is 0 Å². The van der Waals surface area contributed by atoms with Crippen LogP contribution in [0, 0.1) is 46.3 Å². The van der Waals surface area contributed by atoms with Crippen molar-refractivity contribution in [3.05, 3.63) is 24.2 Å². The molecule has 0 aliphatic heterocycles. The first-order valence-corrected chi connectivity index (χ1v) is 13.5. The molecule has 0 spiro atoms. The van der Waals surface area contributed by atoms with Crippen molar-refractivity contribution in [2.75, 3.05) is 0 Å². The van der Waals surface area contributed by atoms with Crippen molar-refractivity contribution in [3.8, 4) is 0 Å². The quantitative estimate of drug-likeness (QED) is 0.520. The number of carbonyl (C=O) groups is 1. The molecule has 6 heteroatoms. The molecule has 1 heterocycles. The van der Waals surface area contributed by atoms with Crippen LogP contribution in [0.15, 0.2) is 22.8 Å². The van der Waals surface area contributed by atoms with E-state index < -0.39 is 6.10 Å². The van der Waals surface area contributed by atoms with Crippen LogP contribution in [0.25, 0.3) is 0 Å². The zero-order valence-electron chi connectivity index (χ0n) is 21.0. The SMILES string of the molecule is C[C@H](CC(=O)NCc1ccco1)[C@H]1CC[C@H]2[C@@H]3[C@H](O)C[C@@H]4C[C@H](O)CC[C@]4(C)[C@H]3C[C@H](O)[C@]12C. The van der Waals surface area contributed by atoms with E-state index >= 15 is 0 Å². The molecule has 4 saturated carbocycles. The van der Waals surface area contributed by atoms with Crippen LogP contribution in [0.4, 0.5) is 0 Å². The third-order valence-corrected chi connectivity index (χ3v) is 11.1. The van der Waals surface area contributed by atoms with Gasteiger partial charge in [0.05, 0.1) is 31.1 Å². The number of hydrogen-bond acceptors (Lipinski definition) is 5. The summed E-state index contributed by atoms with van der Waals surface area (Å²) in [5.74, 6) is 2.30. The van der Waals surface area contributed by atoms with E-state index in [2.05, 4.69) is 26.1 Å². The van der Waals surface area contributed by atoms with Crippen molar-refractivity contribution < 1.29 is 24.5 Å². The van der Waals surface area contributed by atoms with Gasteiger partial charge in [0.15, 0.2) is 0 Å². The van der Waals surface area contributed by atoms with Crippen molar-refractivity contribution in [3.63, 3.8) is 0 Å². The lowest BCUT2D eigenvalue weighted by atomic mass is 9.43. The number of hydrogen-bond donors (Lipinski definition) is 4. The number of amides is 1. The van der Waals surface area contributed by atoms with Gasteiger partial charge in [-0.05, 0) is 103 Å². The molecule has 0 radical (unpaired) electrons. The number of nitrogens with one attached hydrogen (secondary N) is 1. The molecular formula is C28H43NO5. The van der Waals surface area contributed by atoms with Gasteiger partial charge in [0.25, 0.3) is 0 Å². The molecule has 0 aromatic carbocycles. The monoisotopic (exact) mass is 473 g/mol. The first kappa shape index (κ1) is 24.3. The molecule has 0 saturated heterocycles. The molecule has 0 bridgehead atoms. The Morgan fingerprint density at radius 1 is 1.15 bits per heavy atom. The van der Waals surface area contributed by atoms with Crippen molar-refractivity contribution >= 4 is 5.91 Å². The van der Waals surface area contributed by atoms with Crippen LogP contribution in [0.3, 0.4) is 0 Å². The molecule has 4 N–H and O–H groups in total. The van der Waals surface area contributed by atoms with E-state index in [0.29, 0.717) is 24.8 Å². The maximum Gasteiger partial charge on any atom is 0.220 e. The molecule has 1 aromatic heterocycles. The zero-order chi connectivity index (χ0) is 24.3. The van der Waals surface area contributed by atoms with Crippen molar-refractivity contribution in [2.24, 2.45) is 46.3 Å². The number of rotatable bonds is 5. The van der Waals surface area contributed by atoms with E-state index in [9.17, 15) is 20.1 Å². The smallest absolute Gasteiger partial charge is 0.220 e. The summed E-state index contributed by atoms with van der Waals surface area (Å²) in [5.41, 5.74) is -0.193. The van der Waals surface area contributed by atoms with E-state index in [1.807, 2.05) is 12.1 Å². The minimum atomic E-state index is -0.422. The van der Waals surface area contributed by atoms with Gasteiger partial charge in [-0.15, -0.1) is 0 Å². The van der Waals surface area contributed by atoms with Crippen LogP contribution in [-0.2, 0) is 11.3 Å². The lowest BCUT2D eigenvalue weighted by Gasteiger charge is -2.63. The molecule has 4 aliphatic rings. The Morgan fingerprint density at radius 3 is 2.68 bits per heavy atom. The second kappa shape index (κ2) is 8.94. The summed E-state index contributed by atoms with van der Waals surface area (Å²) in [6, 6.07) is 3.67. The standard InChI is InChI=1S/C28H43NO5/c1-16(11-25(33)29-15-19-5-4-10-34-19)20-6-7-21-26-22(14-24(32)28(20,21)3)27(2)9-8-18(30)12-17(27)13-23(26)31/h4-5,10,16-18,20-24,26,30-32H,6-9,11-15H2,1-3H3,(H,29,33)/t16-,17+,18-,20-,21+,22+,23-,24+,26+,27+,28-/m1/s1. The highest BCUT2D eigenvalue weighted by Gasteiger charge is 2.65. The molecule has 11 atom stereocenters. The minimum Gasteiger partial charge on any atom is -0.467 e. The van der Waals surface area contributed by atoms with Gasteiger partial charge in [0.1, 0.15) is 5.76 Å². The number of aliphatic hydroxyl groups excluding tert-OH is 3. The van der Waals surface area contributed by atoms with Gasteiger partial charge in [-0.1, -0.05) is 20.8 Å². The van der Waals surface area contributed by atoms with E-state index in [0.717, 1.165) is 50.7 Å². The second-order valence-corrected chi connectivity index (χ2v) is 12.6. The van der Waals surface area contributed by atoms with Gasteiger partial charge in [-0.25, -0.2) is 0 Å². The van der Waals surface area contributed by atoms with Crippen molar-refractivity contribution in [1.29, 1.82) is 0 Å². The number of carbonyl (C=O) groups excluding carboxylic acids is 1. The summed E-state index contributed by atoms with van der Waals surface area (Å²) in [6.45, 7) is 7.15. The maximum atomic E-state index is 12.7. The number of fused-ring (bicyclic) bond motifs is 5. The summed E-state index contributed by atoms with van der Waals surface area (Å²) in [5, 5.41) is 36.3. The first-order chi connectivity index (χ1) is 16.1. The largest absolute Gasteiger partial charge is 0.467 e. The molecule has 1 aromatic rings. The van der Waals surface area contributed by atoms with Crippen molar-refractivity contribution in [1.82, 2.24) is 5.32 Å². The Bertz CT molecular complexity index is 872. The van der Waals surface area contributed by atoms with Crippen LogP contribution >= 0.6 is 0 Å². The van der Waals surface area contributed by atoms with Crippen molar-refractivity contribution in [2.45, 2.75) is 97.0 Å². The summed E-state index contributed by atoms with van der Waals surface area (Å²) >= 11 is 0. The highest BCUT2D eigenvalue weighted by Crippen LogP contribution is 2.68. The Hall–Kier alpha value is -1.37.